The third kappa shape index (κ3) is 9.66. The van der Waals surface area contributed by atoms with Crippen molar-refractivity contribution < 1.29 is 17.9 Å². The van der Waals surface area contributed by atoms with Crippen molar-refractivity contribution in [1.82, 2.24) is 14.7 Å². The van der Waals surface area contributed by atoms with Gasteiger partial charge < -0.3 is 9.64 Å². The molecule has 0 spiro atoms. The SMILES string of the molecule is CC(C)Oc1cc(C(C)(C)C)c(Cl)cc1C1=N[C@@H](c2ccc(Cl)cc2)[C@@H](c2ccc(Cl)cc2)N1C(=O)N1CCN(CCCS(C)(=O)=O)CC1.Cl. The molecule has 2 atom stereocenters. The predicted molar refractivity (Wildman–Crippen MR) is 208 cm³/mol. The Morgan fingerprint density at radius 2 is 1.48 bits per heavy atom. The summed E-state index contributed by atoms with van der Waals surface area (Å²) in [7, 11) is -3.03. The molecule has 5 rings (SSSR count). The number of rotatable bonds is 9. The summed E-state index contributed by atoms with van der Waals surface area (Å²) in [5.41, 5.74) is 3.09. The number of nitrogens with zero attached hydrogens (tertiary/aromatic N) is 4. The number of aliphatic imine (C=N–C) groups is 1. The molecule has 0 N–H and O–H groups in total. The molecule has 8 nitrogen and oxygen atoms in total. The zero-order valence-electron chi connectivity index (χ0n) is 29.3. The van der Waals surface area contributed by atoms with E-state index in [1.54, 1.807) is 4.90 Å². The number of piperazine rings is 1. The van der Waals surface area contributed by atoms with E-state index in [-0.39, 0.29) is 35.7 Å². The lowest BCUT2D eigenvalue weighted by Gasteiger charge is -2.39. The van der Waals surface area contributed by atoms with Gasteiger partial charge in [0.2, 0.25) is 0 Å². The number of halogens is 4. The largest absolute Gasteiger partial charge is 0.490 e. The van der Waals surface area contributed by atoms with Crippen molar-refractivity contribution in [3.05, 3.63) is 98.0 Å². The number of carbonyl (C=O) groups is 1. The standard InChI is InChI=1S/C37H45Cl3N4O4S.ClH/c1-24(2)48-32-23-30(37(3,4)5)31(40)22-29(32)35-41-33(25-8-12-27(38)13-9-25)34(26-10-14-28(39)15-11-26)44(35)36(45)43-19-17-42(18-20-43)16-7-21-49(6,46)47;/h8-15,22-24,33-34H,7,16-21H2,1-6H3;1H/t33-,34+;/m0./s1. The molecule has 0 aromatic heterocycles. The van der Waals surface area contributed by atoms with Gasteiger partial charge in [-0.05, 0) is 85.3 Å². The van der Waals surface area contributed by atoms with Crippen LogP contribution in [0.25, 0.3) is 0 Å². The van der Waals surface area contributed by atoms with Crippen LogP contribution in [-0.4, -0.2) is 85.8 Å². The van der Waals surface area contributed by atoms with E-state index in [1.165, 1.54) is 6.26 Å². The molecular formula is C37H46Cl4N4O4S. The Hall–Kier alpha value is -2.53. The molecule has 0 unspecified atom stereocenters. The fourth-order valence-corrected chi connectivity index (χ4v) is 7.73. The summed E-state index contributed by atoms with van der Waals surface area (Å²) in [6.45, 7) is 13.1. The van der Waals surface area contributed by atoms with Gasteiger partial charge in [0.1, 0.15) is 27.5 Å². The van der Waals surface area contributed by atoms with Crippen LogP contribution < -0.4 is 4.74 Å². The maximum Gasteiger partial charge on any atom is 0.326 e. The summed E-state index contributed by atoms with van der Waals surface area (Å²) in [4.78, 5) is 26.1. The second-order valence-corrected chi connectivity index (χ2v) is 17.7. The highest BCUT2D eigenvalue weighted by atomic mass is 35.5. The van der Waals surface area contributed by atoms with E-state index in [1.807, 2.05) is 79.4 Å². The summed E-state index contributed by atoms with van der Waals surface area (Å²) in [6, 6.07) is 17.8. The Morgan fingerprint density at radius 3 is 2.00 bits per heavy atom. The topological polar surface area (TPSA) is 82.5 Å². The van der Waals surface area contributed by atoms with Crippen LogP contribution in [0, 0.1) is 0 Å². The molecule has 2 amide bonds. The number of benzene rings is 3. The molecule has 13 heteroatoms. The molecule has 0 aliphatic carbocycles. The number of urea groups is 1. The molecule has 3 aromatic rings. The Bertz CT molecular complexity index is 1790. The lowest BCUT2D eigenvalue weighted by atomic mass is 9.86. The molecule has 0 saturated carbocycles. The molecule has 2 aliphatic heterocycles. The lowest BCUT2D eigenvalue weighted by Crippen LogP contribution is -2.54. The molecule has 3 aromatic carbocycles. The van der Waals surface area contributed by atoms with Gasteiger partial charge >= 0.3 is 6.03 Å². The molecule has 50 heavy (non-hydrogen) atoms. The van der Waals surface area contributed by atoms with Crippen molar-refractivity contribution in [2.45, 2.75) is 64.6 Å². The highest BCUT2D eigenvalue weighted by molar-refractivity contribution is 7.90. The van der Waals surface area contributed by atoms with Gasteiger partial charge in [0.05, 0.1) is 23.5 Å². The molecule has 272 valence electrons. The van der Waals surface area contributed by atoms with Crippen LogP contribution in [-0.2, 0) is 15.3 Å². The van der Waals surface area contributed by atoms with E-state index < -0.39 is 21.9 Å². The van der Waals surface area contributed by atoms with Gasteiger partial charge in [-0.1, -0.05) is 79.8 Å². The Kier molecular flexibility index (Phi) is 13.2. The third-order valence-corrected chi connectivity index (χ3v) is 10.7. The van der Waals surface area contributed by atoms with Gasteiger partial charge in [0.25, 0.3) is 0 Å². The minimum Gasteiger partial charge on any atom is -0.490 e. The zero-order valence-corrected chi connectivity index (χ0v) is 33.2. The maximum atomic E-state index is 14.9. The molecule has 0 bridgehead atoms. The van der Waals surface area contributed by atoms with Crippen LogP contribution in [0.4, 0.5) is 4.79 Å². The highest BCUT2D eigenvalue weighted by Gasteiger charge is 2.45. The minimum absolute atomic E-state index is 0. The molecule has 1 fully saturated rings. The highest BCUT2D eigenvalue weighted by Crippen LogP contribution is 2.47. The first-order valence-electron chi connectivity index (χ1n) is 16.6. The summed E-state index contributed by atoms with van der Waals surface area (Å²) >= 11 is 19.7. The van der Waals surface area contributed by atoms with Crippen LogP contribution in [0.5, 0.6) is 5.75 Å². The van der Waals surface area contributed by atoms with Gasteiger partial charge in [-0.25, -0.2) is 13.2 Å². The van der Waals surface area contributed by atoms with E-state index >= 15 is 0 Å². The zero-order chi connectivity index (χ0) is 35.7. The fraction of sp³-hybridized carbons (Fsp3) is 0.459. The number of carbonyl (C=O) groups excluding carboxylic acids is 1. The van der Waals surface area contributed by atoms with Crippen LogP contribution in [0.15, 0.2) is 65.7 Å². The van der Waals surface area contributed by atoms with Crippen molar-refractivity contribution in [2.75, 3.05) is 44.7 Å². The van der Waals surface area contributed by atoms with Crippen LogP contribution >= 0.6 is 47.2 Å². The predicted octanol–water partition coefficient (Wildman–Crippen LogP) is 8.87. The monoisotopic (exact) mass is 782 g/mol. The normalized spacial score (nSPS) is 18.6. The van der Waals surface area contributed by atoms with E-state index in [0.717, 1.165) is 16.7 Å². The smallest absolute Gasteiger partial charge is 0.326 e. The number of amidine groups is 1. The molecule has 2 aliphatic rings. The van der Waals surface area contributed by atoms with Gasteiger partial charge in [-0.3, -0.25) is 14.8 Å². The number of amides is 2. The lowest BCUT2D eigenvalue weighted by molar-refractivity contribution is 0.119. The maximum absolute atomic E-state index is 14.9. The van der Waals surface area contributed by atoms with Gasteiger partial charge in [-0.15, -0.1) is 12.4 Å². The number of ether oxygens (including phenoxy) is 1. The van der Waals surface area contributed by atoms with Crippen molar-refractivity contribution in [3.63, 3.8) is 0 Å². The fourth-order valence-electron chi connectivity index (χ4n) is 6.37. The summed E-state index contributed by atoms with van der Waals surface area (Å²) < 4.78 is 29.8. The second kappa shape index (κ2) is 16.4. The number of hydrogen-bond acceptors (Lipinski definition) is 6. The first-order chi connectivity index (χ1) is 23.0. The molecule has 2 heterocycles. The van der Waals surface area contributed by atoms with Crippen LogP contribution in [0.3, 0.4) is 0 Å². The van der Waals surface area contributed by atoms with E-state index in [2.05, 4.69) is 25.7 Å². The second-order valence-electron chi connectivity index (χ2n) is 14.2. The first kappa shape index (κ1) is 40.2. The Balaban J connectivity index is 0.00000562. The summed E-state index contributed by atoms with van der Waals surface area (Å²) in [5, 5.41) is 1.76. The van der Waals surface area contributed by atoms with Gasteiger partial charge in [-0.2, -0.15) is 0 Å². The van der Waals surface area contributed by atoms with Crippen LogP contribution in [0.2, 0.25) is 15.1 Å². The van der Waals surface area contributed by atoms with Gasteiger partial charge in [0, 0.05) is 47.5 Å². The Morgan fingerprint density at radius 1 is 0.920 bits per heavy atom. The van der Waals surface area contributed by atoms with Crippen molar-refractivity contribution >= 4 is 68.9 Å². The Labute approximate surface area is 318 Å². The average Bonchev–Trinajstić information content (AvgIpc) is 3.41. The van der Waals surface area contributed by atoms with Crippen molar-refractivity contribution in [2.24, 2.45) is 4.99 Å². The van der Waals surface area contributed by atoms with Crippen LogP contribution in [0.1, 0.15) is 75.4 Å². The number of hydrogen-bond donors (Lipinski definition) is 0. The average molecular weight is 785 g/mol. The van der Waals surface area contributed by atoms with Gasteiger partial charge in [0.15, 0.2) is 0 Å². The first-order valence-corrected chi connectivity index (χ1v) is 19.8. The minimum atomic E-state index is -3.03. The third-order valence-electron chi connectivity index (χ3n) is 8.81. The summed E-state index contributed by atoms with van der Waals surface area (Å²) in [6.07, 6.45) is 1.67. The van der Waals surface area contributed by atoms with Crippen molar-refractivity contribution in [3.8, 4) is 5.75 Å². The van der Waals surface area contributed by atoms with E-state index in [9.17, 15) is 13.2 Å². The molecule has 1 saturated heterocycles. The summed E-state index contributed by atoms with van der Waals surface area (Å²) in [5.74, 6) is 1.22. The van der Waals surface area contributed by atoms with E-state index in [4.69, 9.17) is 44.5 Å². The van der Waals surface area contributed by atoms with E-state index in [0.29, 0.717) is 71.4 Å². The van der Waals surface area contributed by atoms with Crippen molar-refractivity contribution in [1.29, 1.82) is 0 Å². The molecule has 0 radical (unpaired) electrons. The quantitative estimate of drug-likeness (QED) is 0.217. The number of sulfone groups is 1. The molecular weight excluding hydrogens is 738 g/mol.